The van der Waals surface area contributed by atoms with Gasteiger partial charge in [0, 0.05) is 19.1 Å². The zero-order valence-corrected chi connectivity index (χ0v) is 12.7. The Morgan fingerprint density at radius 2 is 1.95 bits per heavy atom. The van der Waals surface area contributed by atoms with E-state index in [1.807, 2.05) is 7.05 Å². The van der Waals surface area contributed by atoms with E-state index in [1.54, 1.807) is 0 Å². The Morgan fingerprint density at radius 3 is 2.52 bits per heavy atom. The third kappa shape index (κ3) is 5.77. The van der Waals surface area contributed by atoms with Crippen molar-refractivity contribution in [3.8, 4) is 0 Å². The summed E-state index contributed by atoms with van der Waals surface area (Å²) in [5.41, 5.74) is -0.402. The maximum absolute atomic E-state index is 13.4. The zero-order valence-electron chi connectivity index (χ0n) is 12.7. The van der Waals surface area contributed by atoms with Crippen molar-refractivity contribution in [2.45, 2.75) is 26.3 Å². The minimum Gasteiger partial charge on any atom is -0.320 e. The standard InChI is InChI=1S/C15H23F2N3O/c1-4-11(2)20(3)9-8-18-10-14(21)19-15-12(16)6-5-7-13(15)17/h5-7,11,18H,4,8-10H2,1-3H3,(H,19,21). The molecule has 4 nitrogen and oxygen atoms in total. The number of amides is 1. The molecule has 2 N–H and O–H groups in total. The topological polar surface area (TPSA) is 44.4 Å². The monoisotopic (exact) mass is 299 g/mol. The van der Waals surface area contributed by atoms with Crippen LogP contribution in [0.1, 0.15) is 20.3 Å². The van der Waals surface area contributed by atoms with Crippen molar-refractivity contribution < 1.29 is 13.6 Å². The first-order valence-electron chi connectivity index (χ1n) is 7.10. The summed E-state index contributed by atoms with van der Waals surface area (Å²) in [5.74, 6) is -2.02. The van der Waals surface area contributed by atoms with Gasteiger partial charge in [-0.1, -0.05) is 13.0 Å². The van der Waals surface area contributed by atoms with Crippen LogP contribution in [-0.2, 0) is 4.79 Å². The predicted octanol–water partition coefficient (Wildman–Crippen LogP) is 2.22. The number of benzene rings is 1. The molecule has 0 saturated heterocycles. The van der Waals surface area contributed by atoms with Crippen molar-refractivity contribution in [2.75, 3.05) is 32.0 Å². The Labute approximate surface area is 124 Å². The highest BCUT2D eigenvalue weighted by Gasteiger charge is 2.11. The average molecular weight is 299 g/mol. The summed E-state index contributed by atoms with van der Waals surface area (Å²) in [4.78, 5) is 13.8. The number of nitrogens with one attached hydrogen (secondary N) is 2. The maximum Gasteiger partial charge on any atom is 0.238 e. The van der Waals surface area contributed by atoms with Crippen LogP contribution in [0.5, 0.6) is 0 Å². The van der Waals surface area contributed by atoms with Gasteiger partial charge in [0.25, 0.3) is 0 Å². The largest absolute Gasteiger partial charge is 0.320 e. The summed E-state index contributed by atoms with van der Waals surface area (Å²) >= 11 is 0. The van der Waals surface area contributed by atoms with Crippen molar-refractivity contribution in [2.24, 2.45) is 0 Å². The summed E-state index contributed by atoms with van der Waals surface area (Å²) in [5, 5.41) is 5.19. The second-order valence-electron chi connectivity index (χ2n) is 5.06. The minimum absolute atomic E-state index is 0.0160. The number of hydrogen-bond donors (Lipinski definition) is 2. The lowest BCUT2D eigenvalue weighted by molar-refractivity contribution is -0.115. The van der Waals surface area contributed by atoms with Crippen LogP contribution in [0.4, 0.5) is 14.5 Å². The Kier molecular flexibility index (Phi) is 7.25. The first kappa shape index (κ1) is 17.5. The fourth-order valence-corrected chi connectivity index (χ4v) is 1.79. The Morgan fingerprint density at radius 1 is 1.33 bits per heavy atom. The number of halogens is 2. The molecule has 1 unspecified atom stereocenters. The molecule has 0 fully saturated rings. The zero-order chi connectivity index (χ0) is 15.8. The van der Waals surface area contributed by atoms with Crippen molar-refractivity contribution >= 4 is 11.6 Å². The van der Waals surface area contributed by atoms with Gasteiger partial charge >= 0.3 is 0 Å². The second kappa shape index (κ2) is 8.69. The van der Waals surface area contributed by atoms with Crippen LogP contribution < -0.4 is 10.6 Å². The predicted molar refractivity (Wildman–Crippen MR) is 80.2 cm³/mol. The van der Waals surface area contributed by atoms with E-state index < -0.39 is 23.2 Å². The minimum atomic E-state index is -0.778. The number of anilines is 1. The molecule has 0 aliphatic heterocycles. The van der Waals surface area contributed by atoms with Gasteiger partial charge in [-0.3, -0.25) is 4.79 Å². The van der Waals surface area contributed by atoms with Gasteiger partial charge in [0.15, 0.2) is 0 Å². The number of rotatable bonds is 8. The quantitative estimate of drug-likeness (QED) is 0.724. The lowest BCUT2D eigenvalue weighted by Crippen LogP contribution is -2.37. The number of hydrogen-bond acceptors (Lipinski definition) is 3. The van der Waals surface area contributed by atoms with Crippen LogP contribution in [-0.4, -0.2) is 43.5 Å². The summed E-state index contributed by atoms with van der Waals surface area (Å²) in [7, 11) is 2.02. The molecule has 0 bridgehead atoms. The van der Waals surface area contributed by atoms with Crippen LogP contribution in [0, 0.1) is 11.6 Å². The van der Waals surface area contributed by atoms with Crippen molar-refractivity contribution in [1.82, 2.24) is 10.2 Å². The summed E-state index contributed by atoms with van der Waals surface area (Å²) in [6, 6.07) is 3.94. The molecule has 6 heteroatoms. The van der Waals surface area contributed by atoms with E-state index in [2.05, 4.69) is 29.4 Å². The second-order valence-corrected chi connectivity index (χ2v) is 5.06. The van der Waals surface area contributed by atoms with Crippen molar-refractivity contribution in [1.29, 1.82) is 0 Å². The molecule has 1 aromatic carbocycles. The first-order valence-corrected chi connectivity index (χ1v) is 7.10. The van der Waals surface area contributed by atoms with E-state index in [4.69, 9.17) is 0 Å². The van der Waals surface area contributed by atoms with Gasteiger partial charge in [-0.25, -0.2) is 8.78 Å². The molecule has 0 spiro atoms. The molecule has 1 rings (SSSR count). The van der Waals surface area contributed by atoms with Crippen LogP contribution >= 0.6 is 0 Å². The molecular formula is C15H23F2N3O. The van der Waals surface area contributed by atoms with Gasteiger partial charge in [0.1, 0.15) is 17.3 Å². The van der Waals surface area contributed by atoms with Gasteiger partial charge in [-0.05, 0) is 32.5 Å². The number of likely N-dealkylation sites (N-methyl/N-ethyl adjacent to an activating group) is 1. The molecule has 0 aliphatic rings. The molecule has 118 valence electrons. The summed E-state index contributed by atoms with van der Waals surface area (Å²) < 4.78 is 26.7. The lowest BCUT2D eigenvalue weighted by atomic mass is 10.2. The molecule has 1 amide bonds. The third-order valence-electron chi connectivity index (χ3n) is 3.50. The van der Waals surface area contributed by atoms with Gasteiger partial charge in [0.2, 0.25) is 5.91 Å². The van der Waals surface area contributed by atoms with Gasteiger partial charge in [-0.15, -0.1) is 0 Å². The smallest absolute Gasteiger partial charge is 0.238 e. The van der Waals surface area contributed by atoms with Gasteiger partial charge in [-0.2, -0.15) is 0 Å². The van der Waals surface area contributed by atoms with Crippen LogP contribution in [0.3, 0.4) is 0 Å². The Hall–Kier alpha value is -1.53. The van der Waals surface area contributed by atoms with Crippen molar-refractivity contribution in [3.05, 3.63) is 29.8 Å². The van der Waals surface area contributed by atoms with Crippen LogP contribution in [0.15, 0.2) is 18.2 Å². The van der Waals surface area contributed by atoms with Crippen LogP contribution in [0.2, 0.25) is 0 Å². The number of para-hydroxylation sites is 1. The molecule has 1 aromatic rings. The summed E-state index contributed by atoms with van der Waals surface area (Å²) in [6.45, 7) is 5.70. The molecule has 0 aromatic heterocycles. The van der Waals surface area contributed by atoms with Crippen molar-refractivity contribution in [3.63, 3.8) is 0 Å². The molecule has 0 saturated carbocycles. The fourth-order valence-electron chi connectivity index (χ4n) is 1.79. The summed E-state index contributed by atoms with van der Waals surface area (Å²) in [6.07, 6.45) is 1.06. The van der Waals surface area contributed by atoms with E-state index in [-0.39, 0.29) is 6.54 Å². The van der Waals surface area contributed by atoms with Gasteiger partial charge < -0.3 is 15.5 Å². The molecule has 0 radical (unpaired) electrons. The maximum atomic E-state index is 13.4. The highest BCUT2D eigenvalue weighted by molar-refractivity contribution is 5.92. The first-order chi connectivity index (χ1) is 9.95. The Bertz CT molecular complexity index is 448. The molecular weight excluding hydrogens is 276 g/mol. The SMILES string of the molecule is CCC(C)N(C)CCNCC(=O)Nc1c(F)cccc1F. The van der Waals surface area contributed by atoms with E-state index >= 15 is 0 Å². The number of carbonyl (C=O) groups excluding carboxylic acids is 1. The highest BCUT2D eigenvalue weighted by Crippen LogP contribution is 2.17. The molecule has 21 heavy (non-hydrogen) atoms. The number of nitrogens with zero attached hydrogens (tertiary/aromatic N) is 1. The van der Waals surface area contributed by atoms with E-state index in [9.17, 15) is 13.6 Å². The fraction of sp³-hybridized carbons (Fsp3) is 0.533. The van der Waals surface area contributed by atoms with Gasteiger partial charge in [0.05, 0.1) is 6.54 Å². The normalized spacial score (nSPS) is 12.5. The average Bonchev–Trinajstić information content (AvgIpc) is 2.46. The molecule has 0 aliphatic carbocycles. The highest BCUT2D eigenvalue weighted by atomic mass is 19.1. The van der Waals surface area contributed by atoms with E-state index in [0.717, 1.165) is 25.1 Å². The van der Waals surface area contributed by atoms with E-state index in [1.165, 1.54) is 6.07 Å². The molecule has 1 atom stereocenters. The third-order valence-corrected chi connectivity index (χ3v) is 3.50. The van der Waals surface area contributed by atoms with Crippen LogP contribution in [0.25, 0.3) is 0 Å². The lowest BCUT2D eigenvalue weighted by Gasteiger charge is -2.23. The molecule has 0 heterocycles. The number of carbonyl (C=O) groups is 1. The van der Waals surface area contributed by atoms with E-state index in [0.29, 0.717) is 12.6 Å². The Balaban J connectivity index is 2.32.